The Hall–Kier alpha value is -2.46. The Labute approximate surface area is 133 Å². The van der Waals surface area contributed by atoms with Crippen molar-refractivity contribution in [2.45, 2.75) is 13.5 Å². The third-order valence-electron chi connectivity index (χ3n) is 3.63. The van der Waals surface area contributed by atoms with E-state index in [0.29, 0.717) is 11.6 Å². The first-order valence-corrected chi connectivity index (χ1v) is 7.33. The Kier molecular flexibility index (Phi) is 4.02. The lowest BCUT2D eigenvalue weighted by molar-refractivity contribution is 0.471. The highest BCUT2D eigenvalue weighted by Gasteiger charge is 2.09. The van der Waals surface area contributed by atoms with Crippen molar-refractivity contribution in [3.63, 3.8) is 0 Å². The molecule has 0 fully saturated rings. The summed E-state index contributed by atoms with van der Waals surface area (Å²) < 4.78 is 0. The van der Waals surface area contributed by atoms with Gasteiger partial charge in [0.15, 0.2) is 0 Å². The topological polar surface area (TPSA) is 60.9 Å². The molecule has 0 unspecified atom stereocenters. The Morgan fingerprint density at radius 1 is 1.18 bits per heavy atom. The number of phenols is 1. The quantitative estimate of drug-likeness (QED) is 0.671. The van der Waals surface area contributed by atoms with Crippen molar-refractivity contribution in [2.75, 3.05) is 5.32 Å². The zero-order valence-corrected chi connectivity index (χ0v) is 12.9. The predicted octanol–water partition coefficient (Wildman–Crippen LogP) is 4.36. The van der Waals surface area contributed by atoms with E-state index in [4.69, 9.17) is 11.6 Å². The van der Waals surface area contributed by atoms with Crippen molar-refractivity contribution in [3.05, 3.63) is 64.8 Å². The molecule has 0 aliphatic heterocycles. The van der Waals surface area contributed by atoms with Gasteiger partial charge in [0, 0.05) is 28.4 Å². The molecule has 4 nitrogen and oxygen atoms in total. The van der Waals surface area contributed by atoms with Crippen molar-refractivity contribution in [1.82, 2.24) is 10.2 Å². The van der Waals surface area contributed by atoms with E-state index in [1.54, 1.807) is 12.3 Å². The van der Waals surface area contributed by atoms with Gasteiger partial charge in [-0.25, -0.2) is 0 Å². The number of phenolic OH excluding ortho intramolecular Hbond substituents is 1. The minimum atomic E-state index is 0.287. The van der Waals surface area contributed by atoms with Gasteiger partial charge in [-0.15, -0.1) is 0 Å². The van der Waals surface area contributed by atoms with Crippen LogP contribution in [0.1, 0.15) is 11.1 Å². The number of rotatable bonds is 4. The van der Waals surface area contributed by atoms with Crippen LogP contribution in [0.5, 0.6) is 5.75 Å². The summed E-state index contributed by atoms with van der Waals surface area (Å²) in [5, 5.41) is 20.9. The van der Waals surface area contributed by atoms with Crippen LogP contribution in [-0.4, -0.2) is 15.3 Å². The van der Waals surface area contributed by atoms with Gasteiger partial charge in [0.2, 0.25) is 0 Å². The van der Waals surface area contributed by atoms with Gasteiger partial charge in [0.1, 0.15) is 5.75 Å². The lowest BCUT2D eigenvalue weighted by Crippen LogP contribution is -2.01. The molecule has 3 N–H and O–H groups in total. The summed E-state index contributed by atoms with van der Waals surface area (Å²) in [5.74, 6) is 0.287. The van der Waals surface area contributed by atoms with Gasteiger partial charge >= 0.3 is 0 Å². The summed E-state index contributed by atoms with van der Waals surface area (Å²) in [6.45, 7) is 2.49. The first kappa shape index (κ1) is 14.5. The Morgan fingerprint density at radius 2 is 1.95 bits per heavy atom. The zero-order valence-electron chi connectivity index (χ0n) is 12.1. The van der Waals surface area contributed by atoms with E-state index < -0.39 is 0 Å². The van der Waals surface area contributed by atoms with Crippen molar-refractivity contribution >= 4 is 17.3 Å². The van der Waals surface area contributed by atoms with E-state index in [1.165, 1.54) is 0 Å². The predicted molar refractivity (Wildman–Crippen MR) is 89.2 cm³/mol. The second-order valence-corrected chi connectivity index (χ2v) is 5.52. The van der Waals surface area contributed by atoms with Gasteiger partial charge in [0.05, 0.1) is 11.9 Å². The Balaban J connectivity index is 1.81. The molecule has 0 radical (unpaired) electrons. The fourth-order valence-corrected chi connectivity index (χ4v) is 2.44. The number of hydrogen-bond donors (Lipinski definition) is 3. The zero-order chi connectivity index (χ0) is 15.5. The summed E-state index contributed by atoms with van der Waals surface area (Å²) in [7, 11) is 0. The van der Waals surface area contributed by atoms with Gasteiger partial charge in [-0.1, -0.05) is 29.8 Å². The van der Waals surface area contributed by atoms with E-state index in [-0.39, 0.29) is 5.75 Å². The van der Waals surface area contributed by atoms with Gasteiger partial charge in [-0.05, 0) is 36.8 Å². The fourth-order valence-electron chi connectivity index (χ4n) is 2.32. The van der Waals surface area contributed by atoms with Crippen LogP contribution in [0.4, 0.5) is 5.69 Å². The minimum Gasteiger partial charge on any atom is -0.508 e. The van der Waals surface area contributed by atoms with E-state index in [9.17, 15) is 5.11 Å². The number of halogens is 1. The highest BCUT2D eigenvalue weighted by Crippen LogP contribution is 2.26. The lowest BCUT2D eigenvalue weighted by Gasteiger charge is -2.11. The second kappa shape index (κ2) is 6.12. The molecule has 0 aliphatic carbocycles. The maximum Gasteiger partial charge on any atom is 0.120 e. The number of aromatic amines is 1. The van der Waals surface area contributed by atoms with E-state index in [2.05, 4.69) is 15.5 Å². The van der Waals surface area contributed by atoms with Crippen molar-refractivity contribution < 1.29 is 5.11 Å². The van der Waals surface area contributed by atoms with Crippen molar-refractivity contribution in [3.8, 4) is 17.0 Å². The molecule has 1 heterocycles. The molecular weight excluding hydrogens is 298 g/mol. The molecule has 0 saturated carbocycles. The van der Waals surface area contributed by atoms with Crippen LogP contribution in [0.2, 0.25) is 5.02 Å². The summed E-state index contributed by atoms with van der Waals surface area (Å²) in [6.07, 6.45) is 1.80. The third kappa shape index (κ3) is 2.92. The van der Waals surface area contributed by atoms with E-state index in [0.717, 1.165) is 28.1 Å². The summed E-state index contributed by atoms with van der Waals surface area (Å²) in [4.78, 5) is 0. The summed E-state index contributed by atoms with van der Waals surface area (Å²) >= 11 is 5.92. The Bertz CT molecular complexity index is 781. The average Bonchev–Trinajstić information content (AvgIpc) is 2.98. The molecule has 0 aliphatic rings. The SMILES string of the molecule is Cc1c(O)cccc1NCc1cn[nH]c1-c1ccc(Cl)cc1. The molecule has 2 aromatic carbocycles. The van der Waals surface area contributed by atoms with Gasteiger partial charge in [0.25, 0.3) is 0 Å². The molecular formula is C17H16ClN3O. The molecule has 5 heteroatoms. The van der Waals surface area contributed by atoms with Gasteiger partial charge in [-0.2, -0.15) is 5.10 Å². The number of H-pyrrole nitrogens is 1. The number of aromatic hydroxyl groups is 1. The standard InChI is InChI=1S/C17H16ClN3O/c1-11-15(3-2-4-16(11)22)19-9-13-10-20-21-17(13)12-5-7-14(18)8-6-12/h2-8,10,19,22H,9H2,1H3,(H,20,21). The Morgan fingerprint density at radius 3 is 2.73 bits per heavy atom. The highest BCUT2D eigenvalue weighted by atomic mass is 35.5. The fraction of sp³-hybridized carbons (Fsp3) is 0.118. The van der Waals surface area contributed by atoms with Crippen LogP contribution in [0.25, 0.3) is 11.3 Å². The highest BCUT2D eigenvalue weighted by molar-refractivity contribution is 6.30. The number of anilines is 1. The monoisotopic (exact) mass is 313 g/mol. The molecule has 0 atom stereocenters. The van der Waals surface area contributed by atoms with Crippen LogP contribution >= 0.6 is 11.6 Å². The van der Waals surface area contributed by atoms with Crippen molar-refractivity contribution in [1.29, 1.82) is 0 Å². The van der Waals surface area contributed by atoms with Crippen LogP contribution in [-0.2, 0) is 6.54 Å². The molecule has 0 spiro atoms. The van der Waals surface area contributed by atoms with E-state index in [1.807, 2.05) is 43.3 Å². The smallest absolute Gasteiger partial charge is 0.120 e. The largest absolute Gasteiger partial charge is 0.508 e. The summed E-state index contributed by atoms with van der Waals surface area (Å²) in [6, 6.07) is 13.1. The molecule has 0 amide bonds. The second-order valence-electron chi connectivity index (χ2n) is 5.08. The maximum absolute atomic E-state index is 9.74. The maximum atomic E-state index is 9.74. The number of nitrogens with one attached hydrogen (secondary N) is 2. The molecule has 22 heavy (non-hydrogen) atoms. The first-order chi connectivity index (χ1) is 10.6. The number of nitrogens with zero attached hydrogens (tertiary/aromatic N) is 1. The van der Waals surface area contributed by atoms with Crippen LogP contribution in [0.3, 0.4) is 0 Å². The number of aromatic nitrogens is 2. The molecule has 3 aromatic rings. The molecule has 1 aromatic heterocycles. The molecule has 0 bridgehead atoms. The normalized spacial score (nSPS) is 10.6. The first-order valence-electron chi connectivity index (χ1n) is 6.96. The lowest BCUT2D eigenvalue weighted by atomic mass is 10.1. The van der Waals surface area contributed by atoms with Gasteiger partial charge in [-0.3, -0.25) is 5.10 Å². The average molecular weight is 314 g/mol. The third-order valence-corrected chi connectivity index (χ3v) is 3.88. The van der Waals surface area contributed by atoms with Gasteiger partial charge < -0.3 is 10.4 Å². The number of benzene rings is 2. The minimum absolute atomic E-state index is 0.287. The molecule has 3 rings (SSSR count). The molecule has 112 valence electrons. The van der Waals surface area contributed by atoms with Crippen LogP contribution < -0.4 is 5.32 Å². The molecule has 0 saturated heterocycles. The van der Waals surface area contributed by atoms with Crippen LogP contribution in [0, 0.1) is 6.92 Å². The van der Waals surface area contributed by atoms with Crippen molar-refractivity contribution in [2.24, 2.45) is 0 Å². The van der Waals surface area contributed by atoms with Crippen LogP contribution in [0.15, 0.2) is 48.7 Å². The summed E-state index contributed by atoms with van der Waals surface area (Å²) in [5.41, 5.74) is 4.78. The number of hydrogen-bond acceptors (Lipinski definition) is 3. The van der Waals surface area contributed by atoms with E-state index >= 15 is 0 Å².